The number of hydrogen-bond donors (Lipinski definition) is 3. The van der Waals surface area contributed by atoms with E-state index in [1.165, 1.54) is 316 Å². The summed E-state index contributed by atoms with van der Waals surface area (Å²) in [5.41, 5.74) is -1.05. The van der Waals surface area contributed by atoms with Gasteiger partial charge in [-0.1, -0.05) is 362 Å². The number of Topliss-reactive ketones (excluding diaryl/α,β-unsaturated/α-hetero) is 1. The van der Waals surface area contributed by atoms with Crippen molar-refractivity contribution in [2.45, 2.75) is 485 Å². The van der Waals surface area contributed by atoms with E-state index >= 15 is 0 Å². The van der Waals surface area contributed by atoms with Crippen molar-refractivity contribution in [1.29, 1.82) is 0 Å². The second kappa shape index (κ2) is 68.7. The largest absolute Gasteiger partial charge is 0.455 e. The fourth-order valence-electron chi connectivity index (χ4n) is 15.5. The number of ether oxygens (including phenoxy) is 5. The Balaban J connectivity index is 2.56. The maximum Gasteiger partial charge on any atom is 0.308 e. The van der Waals surface area contributed by atoms with E-state index in [9.17, 15) is 29.1 Å². The zero-order valence-electron chi connectivity index (χ0n) is 69.9. The van der Waals surface area contributed by atoms with Crippen molar-refractivity contribution in [3.8, 4) is 5.75 Å². The fourth-order valence-corrected chi connectivity index (χ4v) is 15.5. The number of rotatable bonds is 77. The third-order valence-electron chi connectivity index (χ3n) is 22.0. The van der Waals surface area contributed by atoms with Crippen molar-refractivity contribution in [2.24, 2.45) is 23.7 Å². The molecule has 0 saturated carbocycles. The molecular weight excluding hydrogens is 1300 g/mol. The van der Waals surface area contributed by atoms with Crippen LogP contribution in [0.5, 0.6) is 5.75 Å². The Labute approximate surface area is 641 Å². The highest BCUT2D eigenvalue weighted by molar-refractivity contribution is 6.01. The van der Waals surface area contributed by atoms with Crippen molar-refractivity contribution in [2.75, 3.05) is 7.11 Å². The van der Waals surface area contributed by atoms with E-state index in [1.807, 2.05) is 6.92 Å². The zero-order valence-corrected chi connectivity index (χ0v) is 69.9. The minimum absolute atomic E-state index is 0.0337. The second-order valence-corrected chi connectivity index (χ2v) is 32.3. The number of unbranched alkanes of at least 4 members (excludes halogenated alkanes) is 40. The van der Waals surface area contributed by atoms with Gasteiger partial charge >= 0.3 is 11.9 Å². The van der Waals surface area contributed by atoms with E-state index in [4.69, 9.17) is 23.7 Å². The Morgan fingerprint density at radius 1 is 0.346 bits per heavy atom. The number of benzene rings is 1. The average molecular weight is 1470 g/mol. The van der Waals surface area contributed by atoms with Gasteiger partial charge in [0.1, 0.15) is 11.4 Å². The number of esters is 2. The summed E-state index contributed by atoms with van der Waals surface area (Å²) in [6.07, 6.45) is 70.8. The van der Waals surface area contributed by atoms with Crippen LogP contribution in [0.4, 0.5) is 0 Å². The lowest BCUT2D eigenvalue weighted by Gasteiger charge is -2.28. The van der Waals surface area contributed by atoms with Crippen LogP contribution in [0.2, 0.25) is 0 Å². The number of methoxy groups -OCH3 is 1. The Bertz CT molecular complexity index is 2150. The summed E-state index contributed by atoms with van der Waals surface area (Å²) in [6.45, 7) is 19.3. The molecule has 0 aliphatic carbocycles. The van der Waals surface area contributed by atoms with Crippen LogP contribution in [0.3, 0.4) is 0 Å². The molecule has 104 heavy (non-hydrogen) atoms. The first-order chi connectivity index (χ1) is 50.4. The van der Waals surface area contributed by atoms with Crippen molar-refractivity contribution >= 4 is 29.5 Å². The molecule has 608 valence electrons. The summed E-state index contributed by atoms with van der Waals surface area (Å²) in [5.74, 6) is 3.03. The number of carbonyl (C=O) groups excluding carboxylic acids is 5. The van der Waals surface area contributed by atoms with E-state index in [1.54, 1.807) is 52.1 Å². The zero-order chi connectivity index (χ0) is 76.4. The number of nitrogens with one attached hydrogen (secondary N) is 2. The van der Waals surface area contributed by atoms with Gasteiger partial charge < -0.3 is 39.4 Å². The van der Waals surface area contributed by atoms with Gasteiger partial charge in [-0.15, -0.1) is 0 Å². The minimum atomic E-state index is -1.45. The Hall–Kier alpha value is -3.55. The van der Waals surface area contributed by atoms with E-state index < -0.39 is 24.5 Å². The molecule has 13 heteroatoms. The highest BCUT2D eigenvalue weighted by atomic mass is 16.8. The van der Waals surface area contributed by atoms with E-state index in [0.29, 0.717) is 37.0 Å². The number of ketones is 1. The van der Waals surface area contributed by atoms with Crippen LogP contribution in [0.15, 0.2) is 24.3 Å². The summed E-state index contributed by atoms with van der Waals surface area (Å²) in [4.78, 5) is 63.4. The molecule has 0 aliphatic rings. The second-order valence-electron chi connectivity index (χ2n) is 32.3. The molecule has 2 amide bonds. The number of hydrogen-bond acceptors (Lipinski definition) is 11. The summed E-state index contributed by atoms with van der Waals surface area (Å²) >= 11 is 0. The van der Waals surface area contributed by atoms with E-state index in [2.05, 4.69) is 38.3 Å². The molecule has 8 atom stereocenters. The number of aliphatic hydroxyl groups is 1. The maximum atomic E-state index is 13.0. The molecule has 0 fully saturated rings. The van der Waals surface area contributed by atoms with Crippen molar-refractivity contribution < 1.29 is 52.8 Å². The molecule has 1 rings (SSSR count). The predicted octanol–water partition coefficient (Wildman–Crippen LogP) is 26.3. The van der Waals surface area contributed by atoms with Crippen LogP contribution in [0, 0.1) is 23.7 Å². The van der Waals surface area contributed by atoms with E-state index in [0.717, 1.165) is 81.5 Å². The van der Waals surface area contributed by atoms with Crippen LogP contribution in [0.25, 0.3) is 0 Å². The number of carbonyl (C=O) groups is 5. The van der Waals surface area contributed by atoms with Gasteiger partial charge in [0.15, 0.2) is 12.1 Å². The first kappa shape index (κ1) is 98.5. The average Bonchev–Trinajstić information content (AvgIpc) is 0.837. The first-order valence-corrected chi connectivity index (χ1v) is 44.6. The molecule has 0 spiro atoms. The molecule has 3 N–H and O–H groups in total. The van der Waals surface area contributed by atoms with Gasteiger partial charge in [0.05, 0.1) is 6.17 Å². The molecule has 0 aliphatic heterocycles. The molecule has 13 nitrogen and oxygen atoms in total. The van der Waals surface area contributed by atoms with Crippen molar-refractivity contribution in [3.05, 3.63) is 29.8 Å². The number of amides is 2. The Morgan fingerprint density at radius 3 is 0.865 bits per heavy atom. The van der Waals surface area contributed by atoms with Gasteiger partial charge in [-0.3, -0.25) is 24.0 Å². The molecule has 1 aromatic rings. The molecule has 0 aromatic heterocycles. The lowest BCUT2D eigenvalue weighted by molar-refractivity contribution is -0.222. The Morgan fingerprint density at radius 2 is 0.596 bits per heavy atom. The minimum Gasteiger partial charge on any atom is -0.455 e. The summed E-state index contributed by atoms with van der Waals surface area (Å²) in [5, 5.41) is 16.2. The topological polar surface area (TPSA) is 176 Å². The molecule has 0 bridgehead atoms. The van der Waals surface area contributed by atoms with Crippen LogP contribution in [0.1, 0.15) is 465 Å². The van der Waals surface area contributed by atoms with E-state index in [-0.39, 0.29) is 35.7 Å². The molecule has 0 saturated heterocycles. The highest BCUT2D eigenvalue weighted by Crippen LogP contribution is 2.36. The molecule has 8 unspecified atom stereocenters. The SMILES string of the molecule is CCCCCCCCC(CCCCCCCCC(=O)NC(C)NC(=O)CCCCCCCCC(CCCCCCCC)C(CCCCCCCC)CCCCCCCCC(=O)OC(C)OC(C)OC)C(CCCCCCCC)CCCCCCCCC(=O)OC(C)Oc1ccc(C(=O)C(C)(C)O)cc1. The quantitative estimate of drug-likeness (QED) is 0.0245. The van der Waals surface area contributed by atoms with Gasteiger partial charge in [0.25, 0.3) is 0 Å². The lowest BCUT2D eigenvalue weighted by atomic mass is 9.78. The monoisotopic (exact) mass is 1470 g/mol. The van der Waals surface area contributed by atoms with Crippen LogP contribution in [-0.2, 0) is 38.1 Å². The van der Waals surface area contributed by atoms with Gasteiger partial charge in [-0.05, 0) is 108 Å². The lowest BCUT2D eigenvalue weighted by Crippen LogP contribution is -2.45. The maximum absolute atomic E-state index is 13.0. The van der Waals surface area contributed by atoms with Gasteiger partial charge in [0, 0.05) is 45.3 Å². The summed E-state index contributed by atoms with van der Waals surface area (Å²) in [6, 6.07) is 6.53. The first-order valence-electron chi connectivity index (χ1n) is 44.6. The molecular formula is C91H168N2O11. The standard InChI is InChI=1S/C91H168N2O11/c1-12-16-20-24-36-48-60-80(82(62-50-38-26-22-18-14-3)66-54-42-30-34-46-58-70-88(96)103-78(7)101-77(6)100-11)64-52-40-28-32-44-56-68-86(94)92-76(5)93-87(95)69-57-45-33-29-41-53-65-81(61-49-37-25-21-17-13-2)83(63-51-39-27-23-19-15-4)67-55-43-31-35-47-59-71-89(97)104-79(8)102-85-74-72-84(73-75-85)90(98)91(9,10)99/h72-83,99H,12-71H2,1-11H3,(H,92,94)(H,93,95). The normalized spacial score (nSPS) is 14.1. The highest BCUT2D eigenvalue weighted by Gasteiger charge is 2.26. The van der Waals surface area contributed by atoms with Crippen molar-refractivity contribution in [1.82, 2.24) is 10.6 Å². The van der Waals surface area contributed by atoms with Crippen LogP contribution in [-0.4, -0.2) is 72.4 Å². The predicted molar refractivity (Wildman–Crippen MR) is 436 cm³/mol. The van der Waals surface area contributed by atoms with Gasteiger partial charge in [-0.2, -0.15) is 0 Å². The molecule has 0 heterocycles. The summed E-state index contributed by atoms with van der Waals surface area (Å²) < 4.78 is 27.3. The van der Waals surface area contributed by atoms with Gasteiger partial charge in [0.2, 0.25) is 24.4 Å². The van der Waals surface area contributed by atoms with Crippen molar-refractivity contribution in [3.63, 3.8) is 0 Å². The molecule has 0 radical (unpaired) electrons. The summed E-state index contributed by atoms with van der Waals surface area (Å²) in [7, 11) is 1.58. The Kier molecular flexibility index (Phi) is 65.0. The third kappa shape index (κ3) is 58.5. The smallest absolute Gasteiger partial charge is 0.308 e. The third-order valence-corrected chi connectivity index (χ3v) is 22.0. The molecule has 1 aromatic carbocycles. The van der Waals surface area contributed by atoms with Crippen LogP contribution < -0.4 is 15.4 Å². The fraction of sp³-hybridized carbons (Fsp3) is 0.879. The van der Waals surface area contributed by atoms with Crippen LogP contribution >= 0.6 is 0 Å². The van der Waals surface area contributed by atoms with Gasteiger partial charge in [-0.25, -0.2) is 0 Å².